The minimum absolute atomic E-state index is 0.123. The van der Waals surface area contributed by atoms with Crippen molar-refractivity contribution in [1.29, 1.82) is 0 Å². The van der Waals surface area contributed by atoms with Crippen molar-refractivity contribution in [2.75, 3.05) is 6.61 Å². The molecule has 2 rings (SSSR count). The molecule has 0 aliphatic carbocycles. The fourth-order valence-electron chi connectivity index (χ4n) is 1.63. The molecule has 0 fully saturated rings. The largest absolute Gasteiger partial charge is 0.474 e. The molecular formula is C10H15FN2O. The minimum Gasteiger partial charge on any atom is -0.474 e. The van der Waals surface area contributed by atoms with Gasteiger partial charge in [0.25, 0.3) is 0 Å². The van der Waals surface area contributed by atoms with Crippen molar-refractivity contribution < 1.29 is 9.13 Å². The lowest BCUT2D eigenvalue weighted by Gasteiger charge is -2.27. The van der Waals surface area contributed by atoms with E-state index in [1.165, 1.54) is 6.92 Å². The van der Waals surface area contributed by atoms with Gasteiger partial charge in [-0.2, -0.15) is 5.10 Å². The molecule has 1 unspecified atom stereocenters. The SMILES string of the molecule is CC(C)c1cnn2c1OCC(C)(F)C2. The van der Waals surface area contributed by atoms with E-state index in [-0.39, 0.29) is 13.2 Å². The number of hydrogen-bond donors (Lipinski definition) is 0. The molecule has 1 aliphatic rings. The van der Waals surface area contributed by atoms with Gasteiger partial charge >= 0.3 is 0 Å². The standard InChI is InChI=1S/C10H15FN2O/c1-7(2)8-4-12-13-5-10(3,11)6-14-9(8)13/h4,7H,5-6H2,1-3H3. The summed E-state index contributed by atoms with van der Waals surface area (Å²) in [4.78, 5) is 0. The average molecular weight is 198 g/mol. The fourth-order valence-corrected chi connectivity index (χ4v) is 1.63. The van der Waals surface area contributed by atoms with Crippen LogP contribution < -0.4 is 4.74 Å². The van der Waals surface area contributed by atoms with E-state index >= 15 is 0 Å². The quantitative estimate of drug-likeness (QED) is 0.691. The lowest BCUT2D eigenvalue weighted by atomic mass is 10.1. The third-order valence-electron chi connectivity index (χ3n) is 2.43. The molecule has 1 aliphatic heterocycles. The molecule has 2 heterocycles. The molecule has 1 aromatic rings. The molecule has 1 aromatic heterocycles. The van der Waals surface area contributed by atoms with Gasteiger partial charge < -0.3 is 4.74 Å². The molecular weight excluding hydrogens is 183 g/mol. The summed E-state index contributed by atoms with van der Waals surface area (Å²) in [6.45, 7) is 6.09. The molecule has 0 radical (unpaired) electrons. The maximum absolute atomic E-state index is 13.6. The maximum atomic E-state index is 13.6. The van der Waals surface area contributed by atoms with Gasteiger partial charge in [-0.05, 0) is 12.8 Å². The molecule has 0 bridgehead atoms. The van der Waals surface area contributed by atoms with E-state index in [0.29, 0.717) is 5.92 Å². The van der Waals surface area contributed by atoms with Crippen LogP contribution in [0.1, 0.15) is 32.3 Å². The Morgan fingerprint density at radius 3 is 3.00 bits per heavy atom. The molecule has 0 spiro atoms. The van der Waals surface area contributed by atoms with Gasteiger partial charge in [-0.15, -0.1) is 0 Å². The Labute approximate surface area is 82.9 Å². The summed E-state index contributed by atoms with van der Waals surface area (Å²) in [6.07, 6.45) is 1.77. The first kappa shape index (κ1) is 9.49. The zero-order valence-electron chi connectivity index (χ0n) is 8.75. The van der Waals surface area contributed by atoms with Crippen LogP contribution >= 0.6 is 0 Å². The summed E-state index contributed by atoms with van der Waals surface area (Å²) >= 11 is 0. The highest BCUT2D eigenvalue weighted by molar-refractivity contribution is 5.28. The number of ether oxygens (including phenoxy) is 1. The highest BCUT2D eigenvalue weighted by Crippen LogP contribution is 2.32. The molecule has 3 nitrogen and oxygen atoms in total. The fraction of sp³-hybridized carbons (Fsp3) is 0.700. The number of nitrogens with zero attached hydrogens (tertiary/aromatic N) is 2. The van der Waals surface area contributed by atoms with Gasteiger partial charge in [-0.25, -0.2) is 9.07 Å². The normalized spacial score (nSPS) is 26.1. The van der Waals surface area contributed by atoms with Crippen LogP contribution in [0.2, 0.25) is 0 Å². The molecule has 4 heteroatoms. The average Bonchev–Trinajstić information content (AvgIpc) is 2.44. The smallest absolute Gasteiger partial charge is 0.215 e. The molecule has 0 amide bonds. The van der Waals surface area contributed by atoms with E-state index in [4.69, 9.17) is 4.74 Å². The molecule has 0 saturated heterocycles. The highest BCUT2D eigenvalue weighted by atomic mass is 19.1. The van der Waals surface area contributed by atoms with Crippen LogP contribution in [0.3, 0.4) is 0 Å². The number of rotatable bonds is 1. The zero-order chi connectivity index (χ0) is 10.3. The summed E-state index contributed by atoms with van der Waals surface area (Å²) in [7, 11) is 0. The monoisotopic (exact) mass is 198 g/mol. The Balaban J connectivity index is 2.34. The molecule has 14 heavy (non-hydrogen) atoms. The second-order valence-corrected chi connectivity index (χ2v) is 4.42. The van der Waals surface area contributed by atoms with Crippen LogP contribution in [0.4, 0.5) is 4.39 Å². The van der Waals surface area contributed by atoms with E-state index < -0.39 is 5.67 Å². The van der Waals surface area contributed by atoms with Crippen LogP contribution in [0.25, 0.3) is 0 Å². The summed E-state index contributed by atoms with van der Waals surface area (Å²) in [5.41, 5.74) is -0.242. The topological polar surface area (TPSA) is 27.1 Å². The van der Waals surface area contributed by atoms with Crippen molar-refractivity contribution in [3.63, 3.8) is 0 Å². The predicted octanol–water partition coefficient (Wildman–Crippen LogP) is 2.13. The molecule has 0 N–H and O–H groups in total. The van der Waals surface area contributed by atoms with E-state index in [1.807, 2.05) is 0 Å². The van der Waals surface area contributed by atoms with Crippen molar-refractivity contribution in [3.8, 4) is 5.88 Å². The van der Waals surface area contributed by atoms with Crippen molar-refractivity contribution >= 4 is 0 Å². The first-order valence-corrected chi connectivity index (χ1v) is 4.87. The van der Waals surface area contributed by atoms with Crippen molar-refractivity contribution in [2.45, 2.75) is 38.9 Å². The summed E-state index contributed by atoms with van der Waals surface area (Å²) in [5, 5.41) is 4.13. The summed E-state index contributed by atoms with van der Waals surface area (Å²) in [6, 6.07) is 0. The number of hydrogen-bond acceptors (Lipinski definition) is 2. The first-order chi connectivity index (χ1) is 6.49. The van der Waals surface area contributed by atoms with E-state index in [0.717, 1.165) is 11.4 Å². The highest BCUT2D eigenvalue weighted by Gasteiger charge is 2.33. The Morgan fingerprint density at radius 1 is 1.64 bits per heavy atom. The molecule has 1 atom stereocenters. The Bertz CT molecular complexity index is 344. The lowest BCUT2D eigenvalue weighted by molar-refractivity contribution is 0.0423. The van der Waals surface area contributed by atoms with Gasteiger partial charge in [0, 0.05) is 5.56 Å². The Hall–Kier alpha value is -1.06. The van der Waals surface area contributed by atoms with Crippen molar-refractivity contribution in [2.24, 2.45) is 0 Å². The van der Waals surface area contributed by atoms with Gasteiger partial charge in [-0.3, -0.25) is 0 Å². The molecule has 0 aromatic carbocycles. The molecule has 0 saturated carbocycles. The maximum Gasteiger partial charge on any atom is 0.215 e. The predicted molar refractivity (Wildman–Crippen MR) is 51.3 cm³/mol. The number of fused-ring (bicyclic) bond motifs is 1. The van der Waals surface area contributed by atoms with Gasteiger partial charge in [-0.1, -0.05) is 13.8 Å². The van der Waals surface area contributed by atoms with Crippen LogP contribution in [0, 0.1) is 0 Å². The van der Waals surface area contributed by atoms with Crippen molar-refractivity contribution in [3.05, 3.63) is 11.8 Å². The van der Waals surface area contributed by atoms with Crippen LogP contribution in [0.5, 0.6) is 5.88 Å². The van der Waals surface area contributed by atoms with E-state index in [9.17, 15) is 4.39 Å². The van der Waals surface area contributed by atoms with Crippen LogP contribution in [-0.4, -0.2) is 22.1 Å². The van der Waals surface area contributed by atoms with Crippen molar-refractivity contribution in [1.82, 2.24) is 9.78 Å². The number of halogens is 1. The van der Waals surface area contributed by atoms with Crippen LogP contribution in [-0.2, 0) is 6.54 Å². The zero-order valence-corrected chi connectivity index (χ0v) is 8.75. The second kappa shape index (κ2) is 2.97. The number of aromatic nitrogens is 2. The van der Waals surface area contributed by atoms with E-state index in [2.05, 4.69) is 18.9 Å². The lowest BCUT2D eigenvalue weighted by Crippen LogP contribution is -2.37. The van der Waals surface area contributed by atoms with Gasteiger partial charge in [0.15, 0.2) is 5.67 Å². The Kier molecular flexibility index (Phi) is 2.01. The Morgan fingerprint density at radius 2 is 2.36 bits per heavy atom. The minimum atomic E-state index is -1.30. The first-order valence-electron chi connectivity index (χ1n) is 4.87. The van der Waals surface area contributed by atoms with Gasteiger partial charge in [0.05, 0.1) is 12.7 Å². The number of alkyl halides is 1. The second-order valence-electron chi connectivity index (χ2n) is 4.42. The summed E-state index contributed by atoms with van der Waals surface area (Å²) in [5.74, 6) is 1.10. The van der Waals surface area contributed by atoms with Gasteiger partial charge in [0.1, 0.15) is 6.61 Å². The molecule has 78 valence electrons. The van der Waals surface area contributed by atoms with E-state index in [1.54, 1.807) is 10.9 Å². The van der Waals surface area contributed by atoms with Crippen LogP contribution in [0.15, 0.2) is 6.20 Å². The third-order valence-corrected chi connectivity index (χ3v) is 2.43. The van der Waals surface area contributed by atoms with Gasteiger partial charge in [0.2, 0.25) is 5.88 Å². The summed E-state index contributed by atoms with van der Waals surface area (Å²) < 4.78 is 20.6. The third kappa shape index (κ3) is 1.49.